The van der Waals surface area contributed by atoms with Gasteiger partial charge in [0.25, 0.3) is 0 Å². The number of benzene rings is 2. The summed E-state index contributed by atoms with van der Waals surface area (Å²) in [7, 11) is 0. The van der Waals surface area contributed by atoms with E-state index in [0.29, 0.717) is 60.6 Å². The number of rotatable bonds is 21. The summed E-state index contributed by atoms with van der Waals surface area (Å²) in [5.74, 6) is 2.69. The fraction of sp³-hybridized carbons (Fsp3) is 0.533. The van der Waals surface area contributed by atoms with Gasteiger partial charge in [-0.05, 0) is 63.1 Å². The van der Waals surface area contributed by atoms with Crippen molar-refractivity contribution in [3.8, 4) is 23.0 Å². The molecule has 0 spiro atoms. The molecular weight excluding hydrogens is 456 g/mol. The van der Waals surface area contributed by atoms with Gasteiger partial charge < -0.3 is 18.9 Å². The second-order valence-electron chi connectivity index (χ2n) is 8.75. The molecule has 2 aromatic rings. The van der Waals surface area contributed by atoms with Gasteiger partial charge in [0, 0.05) is 11.1 Å². The van der Waals surface area contributed by atoms with Crippen LogP contribution in [-0.4, -0.2) is 39.0 Å². The highest BCUT2D eigenvalue weighted by Crippen LogP contribution is 2.29. The number of unbranched alkanes of at least 4 members (excludes halogenated alkanes) is 9. The Balaban J connectivity index is 1.45. The van der Waals surface area contributed by atoms with E-state index < -0.39 is 0 Å². The zero-order valence-electron chi connectivity index (χ0n) is 22.0. The maximum Gasteiger partial charge on any atom is 0.161 e. The van der Waals surface area contributed by atoms with E-state index in [0.717, 1.165) is 38.3 Å². The first-order valence-electron chi connectivity index (χ1n) is 13.4. The number of hydrogen-bond acceptors (Lipinski definition) is 6. The van der Waals surface area contributed by atoms with E-state index in [4.69, 9.17) is 18.9 Å². The number of carbonyl (C=O) groups is 2. The van der Waals surface area contributed by atoms with Gasteiger partial charge in [-0.1, -0.05) is 51.4 Å². The Labute approximate surface area is 216 Å². The summed E-state index contributed by atoms with van der Waals surface area (Å²) in [5, 5.41) is 0. The zero-order chi connectivity index (χ0) is 25.8. The Bertz CT molecular complexity index is 822. The van der Waals surface area contributed by atoms with Gasteiger partial charge in [-0.2, -0.15) is 0 Å². The van der Waals surface area contributed by atoms with E-state index in [-0.39, 0.29) is 0 Å². The van der Waals surface area contributed by atoms with Crippen LogP contribution in [0.1, 0.15) is 98.8 Å². The maximum atomic E-state index is 10.9. The first-order chi connectivity index (χ1) is 17.7. The smallest absolute Gasteiger partial charge is 0.161 e. The van der Waals surface area contributed by atoms with Gasteiger partial charge in [0.2, 0.25) is 0 Å². The standard InChI is InChI=1S/C30H42O6/c1-3-33-29-21-25(23-31)15-17-27(29)35-19-13-11-9-7-5-6-8-10-12-14-20-36-28-18-16-26(24-32)22-30(28)34-4-2/h15-18,21-24H,3-14,19-20H2,1-2H3. The SMILES string of the molecule is CCOc1cc(C=O)ccc1OCCCCCCCCCCCCOc1ccc(C=O)cc1OCC. The highest BCUT2D eigenvalue weighted by Gasteiger charge is 2.07. The van der Waals surface area contributed by atoms with Crippen LogP contribution in [-0.2, 0) is 0 Å². The van der Waals surface area contributed by atoms with Gasteiger partial charge in [-0.25, -0.2) is 0 Å². The third kappa shape index (κ3) is 11.1. The third-order valence-corrected chi connectivity index (χ3v) is 5.86. The lowest BCUT2D eigenvalue weighted by Crippen LogP contribution is -2.01. The molecule has 0 atom stereocenters. The maximum absolute atomic E-state index is 10.9. The molecule has 0 fully saturated rings. The normalized spacial score (nSPS) is 10.6. The number of aldehydes is 2. The van der Waals surface area contributed by atoms with Gasteiger partial charge in [0.1, 0.15) is 12.6 Å². The molecule has 0 N–H and O–H groups in total. The summed E-state index contributed by atoms with van der Waals surface area (Å²) in [6.45, 7) is 6.25. The van der Waals surface area contributed by atoms with Gasteiger partial charge in [0.15, 0.2) is 23.0 Å². The van der Waals surface area contributed by atoms with Crippen molar-refractivity contribution in [2.75, 3.05) is 26.4 Å². The largest absolute Gasteiger partial charge is 0.490 e. The molecule has 0 aliphatic carbocycles. The molecule has 0 aliphatic rings. The van der Waals surface area contributed by atoms with Crippen molar-refractivity contribution >= 4 is 12.6 Å². The quantitative estimate of drug-likeness (QED) is 0.131. The van der Waals surface area contributed by atoms with Crippen LogP contribution in [0.3, 0.4) is 0 Å². The minimum absolute atomic E-state index is 0.541. The highest BCUT2D eigenvalue weighted by molar-refractivity contribution is 5.76. The average Bonchev–Trinajstić information content (AvgIpc) is 2.90. The fourth-order valence-corrected chi connectivity index (χ4v) is 3.95. The summed E-state index contributed by atoms with van der Waals surface area (Å²) in [6, 6.07) is 10.6. The van der Waals surface area contributed by atoms with Crippen LogP contribution < -0.4 is 18.9 Å². The molecule has 2 aromatic carbocycles. The molecule has 0 aromatic heterocycles. The van der Waals surface area contributed by atoms with Crippen molar-refractivity contribution in [3.63, 3.8) is 0 Å². The van der Waals surface area contributed by atoms with E-state index in [9.17, 15) is 9.59 Å². The third-order valence-electron chi connectivity index (χ3n) is 5.86. The molecule has 0 saturated carbocycles. The van der Waals surface area contributed by atoms with Crippen molar-refractivity contribution in [1.29, 1.82) is 0 Å². The predicted molar refractivity (Wildman–Crippen MR) is 143 cm³/mol. The van der Waals surface area contributed by atoms with Crippen molar-refractivity contribution in [2.45, 2.75) is 78.1 Å². The number of carbonyl (C=O) groups excluding carboxylic acids is 2. The lowest BCUT2D eigenvalue weighted by atomic mass is 10.1. The number of hydrogen-bond donors (Lipinski definition) is 0. The first-order valence-corrected chi connectivity index (χ1v) is 13.4. The minimum Gasteiger partial charge on any atom is -0.490 e. The molecule has 6 nitrogen and oxygen atoms in total. The van der Waals surface area contributed by atoms with Gasteiger partial charge in [-0.15, -0.1) is 0 Å². The topological polar surface area (TPSA) is 71.1 Å². The molecule has 198 valence electrons. The summed E-state index contributed by atoms with van der Waals surface area (Å²) in [6.07, 6.45) is 13.5. The summed E-state index contributed by atoms with van der Waals surface area (Å²) < 4.78 is 22.9. The van der Waals surface area contributed by atoms with Gasteiger partial charge >= 0.3 is 0 Å². The average molecular weight is 499 g/mol. The lowest BCUT2D eigenvalue weighted by Gasteiger charge is -2.12. The molecule has 0 saturated heterocycles. The summed E-state index contributed by atoms with van der Waals surface area (Å²) >= 11 is 0. The Morgan fingerprint density at radius 1 is 0.500 bits per heavy atom. The predicted octanol–water partition coefficient (Wildman–Crippen LogP) is 7.47. The van der Waals surface area contributed by atoms with Gasteiger partial charge in [-0.3, -0.25) is 9.59 Å². The van der Waals surface area contributed by atoms with Gasteiger partial charge in [0.05, 0.1) is 26.4 Å². The van der Waals surface area contributed by atoms with Crippen LogP contribution in [0.2, 0.25) is 0 Å². The summed E-state index contributed by atoms with van der Waals surface area (Å²) in [4.78, 5) is 21.9. The van der Waals surface area contributed by atoms with Crippen LogP contribution in [0.5, 0.6) is 23.0 Å². The zero-order valence-corrected chi connectivity index (χ0v) is 22.0. The van der Waals surface area contributed by atoms with Crippen LogP contribution >= 0.6 is 0 Å². The first kappa shape index (κ1) is 29.2. The minimum atomic E-state index is 0.541. The lowest BCUT2D eigenvalue weighted by molar-refractivity contribution is 0.111. The molecule has 6 heteroatoms. The Hall–Kier alpha value is -3.02. The molecule has 36 heavy (non-hydrogen) atoms. The van der Waals surface area contributed by atoms with Crippen LogP contribution in [0.25, 0.3) is 0 Å². The molecule has 0 amide bonds. The molecule has 0 aliphatic heterocycles. The molecule has 2 rings (SSSR count). The molecule has 0 unspecified atom stereocenters. The van der Waals surface area contributed by atoms with Crippen LogP contribution in [0, 0.1) is 0 Å². The monoisotopic (exact) mass is 498 g/mol. The fourth-order valence-electron chi connectivity index (χ4n) is 3.95. The van der Waals surface area contributed by atoms with Crippen molar-refractivity contribution in [3.05, 3.63) is 47.5 Å². The molecular formula is C30H42O6. The van der Waals surface area contributed by atoms with E-state index in [1.54, 1.807) is 24.3 Å². The molecule has 0 bridgehead atoms. The van der Waals surface area contributed by atoms with E-state index >= 15 is 0 Å². The number of ether oxygens (including phenoxy) is 4. The second kappa shape index (κ2) is 18.3. The van der Waals surface area contributed by atoms with E-state index in [1.807, 2.05) is 26.0 Å². The van der Waals surface area contributed by atoms with Crippen molar-refractivity contribution in [2.24, 2.45) is 0 Å². The Kier molecular flexibility index (Phi) is 14.8. The van der Waals surface area contributed by atoms with E-state index in [1.165, 1.54) is 38.5 Å². The van der Waals surface area contributed by atoms with Crippen LogP contribution in [0.15, 0.2) is 36.4 Å². The van der Waals surface area contributed by atoms with Crippen LogP contribution in [0.4, 0.5) is 0 Å². The highest BCUT2D eigenvalue weighted by atomic mass is 16.5. The second-order valence-corrected chi connectivity index (χ2v) is 8.75. The Morgan fingerprint density at radius 3 is 1.19 bits per heavy atom. The molecule has 0 heterocycles. The molecule has 0 radical (unpaired) electrons. The summed E-state index contributed by atoms with van der Waals surface area (Å²) in [5.41, 5.74) is 1.19. The van der Waals surface area contributed by atoms with E-state index in [2.05, 4.69) is 0 Å². The van der Waals surface area contributed by atoms with Crippen molar-refractivity contribution in [1.82, 2.24) is 0 Å². The van der Waals surface area contributed by atoms with Crippen molar-refractivity contribution < 1.29 is 28.5 Å². The Morgan fingerprint density at radius 2 is 0.861 bits per heavy atom.